The van der Waals surface area contributed by atoms with Crippen LogP contribution in [-0.2, 0) is 24.2 Å². The largest absolute Gasteiger partial charge is 0.457 e. The maximum atomic E-state index is 12.1. The van der Waals surface area contributed by atoms with Crippen LogP contribution >= 0.6 is 0 Å². The normalized spacial score (nSPS) is 13.0. The van der Waals surface area contributed by atoms with Gasteiger partial charge in [-0.1, -0.05) is 24.3 Å². The van der Waals surface area contributed by atoms with E-state index in [0.717, 1.165) is 24.0 Å². The summed E-state index contributed by atoms with van der Waals surface area (Å²) in [6.07, 6.45) is 3.52. The maximum Gasteiger partial charge on any atom is 0.338 e. The number of aryl methyl sites for hydroxylation is 2. The molecular weight excluding hydrogens is 262 g/mol. The monoisotopic (exact) mass is 281 g/mol. The predicted molar refractivity (Wildman–Crippen MR) is 83.2 cm³/mol. The van der Waals surface area contributed by atoms with Crippen LogP contribution in [0.1, 0.15) is 39.0 Å². The summed E-state index contributed by atoms with van der Waals surface area (Å²) < 4.78 is 5.42. The highest BCUT2D eigenvalue weighted by Crippen LogP contribution is 2.23. The average molecular weight is 281 g/mol. The number of benzene rings is 2. The van der Waals surface area contributed by atoms with Crippen LogP contribution in [0.3, 0.4) is 0 Å². The van der Waals surface area contributed by atoms with E-state index in [9.17, 15) is 4.79 Å². The summed E-state index contributed by atoms with van der Waals surface area (Å²) in [5.74, 6) is -0.319. The van der Waals surface area contributed by atoms with Gasteiger partial charge in [0.15, 0.2) is 0 Å². The molecule has 0 fully saturated rings. The lowest BCUT2D eigenvalue weighted by Crippen LogP contribution is -2.08. The Morgan fingerprint density at radius 3 is 2.86 bits per heavy atom. The predicted octanol–water partition coefficient (Wildman–Crippen LogP) is 3.42. The van der Waals surface area contributed by atoms with Gasteiger partial charge in [-0.05, 0) is 60.6 Å². The van der Waals surface area contributed by atoms with Crippen LogP contribution in [0.5, 0.6) is 0 Å². The van der Waals surface area contributed by atoms with Crippen molar-refractivity contribution in [3.05, 3.63) is 64.2 Å². The van der Waals surface area contributed by atoms with Gasteiger partial charge in [0.05, 0.1) is 5.56 Å². The van der Waals surface area contributed by atoms with Gasteiger partial charge in [0.25, 0.3) is 0 Å². The molecule has 2 aromatic rings. The van der Waals surface area contributed by atoms with Crippen molar-refractivity contribution in [3.63, 3.8) is 0 Å². The molecule has 108 valence electrons. The number of carbonyl (C=O) groups excluding carboxylic acids is 1. The van der Waals surface area contributed by atoms with Crippen molar-refractivity contribution in [3.8, 4) is 0 Å². The molecule has 0 saturated heterocycles. The van der Waals surface area contributed by atoms with Gasteiger partial charge in [0, 0.05) is 5.69 Å². The summed E-state index contributed by atoms with van der Waals surface area (Å²) in [6.45, 7) is 2.14. The zero-order valence-corrected chi connectivity index (χ0v) is 12.2. The van der Waals surface area contributed by atoms with Gasteiger partial charge in [-0.2, -0.15) is 0 Å². The summed E-state index contributed by atoms with van der Waals surface area (Å²) >= 11 is 0. The molecule has 0 amide bonds. The standard InChI is InChI=1S/C18H19NO2/c1-12-16(6-3-7-17(12)19)18(20)21-11-13-8-9-14-4-2-5-15(14)10-13/h3,6-10H,2,4-5,11,19H2,1H3. The number of hydrogen-bond acceptors (Lipinski definition) is 3. The number of anilines is 1. The Balaban J connectivity index is 1.70. The highest BCUT2D eigenvalue weighted by Gasteiger charge is 2.14. The van der Waals surface area contributed by atoms with Gasteiger partial charge >= 0.3 is 5.97 Å². The van der Waals surface area contributed by atoms with E-state index in [2.05, 4.69) is 12.1 Å². The molecule has 0 spiro atoms. The number of nitrogens with two attached hydrogens (primary N) is 1. The molecule has 3 heteroatoms. The van der Waals surface area contributed by atoms with E-state index in [0.29, 0.717) is 17.9 Å². The van der Waals surface area contributed by atoms with Crippen molar-refractivity contribution in [1.29, 1.82) is 0 Å². The zero-order valence-electron chi connectivity index (χ0n) is 12.2. The first-order valence-electron chi connectivity index (χ1n) is 7.28. The number of ether oxygens (including phenoxy) is 1. The third kappa shape index (κ3) is 2.77. The van der Waals surface area contributed by atoms with Crippen molar-refractivity contribution >= 4 is 11.7 Å². The Morgan fingerprint density at radius 2 is 2.00 bits per heavy atom. The van der Waals surface area contributed by atoms with Crippen LogP contribution in [0, 0.1) is 6.92 Å². The number of fused-ring (bicyclic) bond motifs is 1. The summed E-state index contributed by atoms with van der Waals surface area (Å²) in [7, 11) is 0. The van der Waals surface area contributed by atoms with E-state index in [1.54, 1.807) is 18.2 Å². The molecular formula is C18H19NO2. The SMILES string of the molecule is Cc1c(N)cccc1C(=O)OCc1ccc2c(c1)CCC2. The minimum absolute atomic E-state index is 0.306. The molecule has 0 aliphatic heterocycles. The number of nitrogen functional groups attached to an aromatic ring is 1. The van der Waals surface area contributed by atoms with Crippen LogP contribution in [0.15, 0.2) is 36.4 Å². The average Bonchev–Trinajstić information content (AvgIpc) is 2.95. The first-order valence-corrected chi connectivity index (χ1v) is 7.28. The molecule has 0 aromatic heterocycles. The van der Waals surface area contributed by atoms with Gasteiger partial charge in [-0.25, -0.2) is 4.79 Å². The second-order valence-corrected chi connectivity index (χ2v) is 5.55. The number of esters is 1. The van der Waals surface area contributed by atoms with Gasteiger partial charge in [0.2, 0.25) is 0 Å². The van der Waals surface area contributed by atoms with Gasteiger partial charge < -0.3 is 10.5 Å². The fourth-order valence-electron chi connectivity index (χ4n) is 2.82. The van der Waals surface area contributed by atoms with Crippen LogP contribution in [0.25, 0.3) is 0 Å². The molecule has 0 unspecified atom stereocenters. The van der Waals surface area contributed by atoms with E-state index in [4.69, 9.17) is 10.5 Å². The Morgan fingerprint density at radius 1 is 1.19 bits per heavy atom. The summed E-state index contributed by atoms with van der Waals surface area (Å²) in [5.41, 5.74) is 11.6. The van der Waals surface area contributed by atoms with E-state index < -0.39 is 0 Å². The summed E-state index contributed by atoms with van der Waals surface area (Å²) in [5, 5.41) is 0. The Bertz CT molecular complexity index is 692. The van der Waals surface area contributed by atoms with Gasteiger partial charge in [-0.15, -0.1) is 0 Å². The van der Waals surface area contributed by atoms with Crippen molar-refractivity contribution < 1.29 is 9.53 Å². The zero-order chi connectivity index (χ0) is 14.8. The van der Waals surface area contributed by atoms with E-state index in [1.165, 1.54) is 17.5 Å². The van der Waals surface area contributed by atoms with Gasteiger partial charge in [0.1, 0.15) is 6.61 Å². The van der Waals surface area contributed by atoms with Crippen LogP contribution in [0.4, 0.5) is 5.69 Å². The molecule has 0 bridgehead atoms. The van der Waals surface area contributed by atoms with E-state index >= 15 is 0 Å². The fourth-order valence-corrected chi connectivity index (χ4v) is 2.82. The lowest BCUT2D eigenvalue weighted by molar-refractivity contribution is 0.0472. The lowest BCUT2D eigenvalue weighted by atomic mass is 10.1. The molecule has 2 N–H and O–H groups in total. The van der Waals surface area contributed by atoms with Crippen molar-refractivity contribution in [1.82, 2.24) is 0 Å². The molecule has 0 saturated carbocycles. The van der Waals surface area contributed by atoms with Gasteiger partial charge in [-0.3, -0.25) is 0 Å². The minimum atomic E-state index is -0.319. The summed E-state index contributed by atoms with van der Waals surface area (Å²) in [4.78, 5) is 12.1. The van der Waals surface area contributed by atoms with Crippen LogP contribution in [-0.4, -0.2) is 5.97 Å². The number of rotatable bonds is 3. The molecule has 3 nitrogen and oxygen atoms in total. The number of hydrogen-bond donors (Lipinski definition) is 1. The van der Waals surface area contributed by atoms with Crippen molar-refractivity contribution in [2.75, 3.05) is 5.73 Å². The second kappa shape index (κ2) is 5.60. The Labute approximate surface area is 124 Å². The Kier molecular flexibility index (Phi) is 3.65. The first-order chi connectivity index (χ1) is 10.1. The third-order valence-electron chi connectivity index (χ3n) is 4.13. The fraction of sp³-hybridized carbons (Fsp3) is 0.278. The molecule has 2 aromatic carbocycles. The third-order valence-corrected chi connectivity index (χ3v) is 4.13. The molecule has 1 aliphatic carbocycles. The molecule has 3 rings (SSSR count). The lowest BCUT2D eigenvalue weighted by Gasteiger charge is -2.09. The maximum absolute atomic E-state index is 12.1. The molecule has 1 aliphatic rings. The minimum Gasteiger partial charge on any atom is -0.457 e. The topological polar surface area (TPSA) is 52.3 Å². The number of carbonyl (C=O) groups is 1. The summed E-state index contributed by atoms with van der Waals surface area (Å²) in [6, 6.07) is 11.7. The quantitative estimate of drug-likeness (QED) is 0.692. The van der Waals surface area contributed by atoms with Crippen molar-refractivity contribution in [2.45, 2.75) is 32.8 Å². The first kappa shape index (κ1) is 13.7. The molecule has 0 radical (unpaired) electrons. The molecule has 0 heterocycles. The smallest absolute Gasteiger partial charge is 0.338 e. The second-order valence-electron chi connectivity index (χ2n) is 5.55. The van der Waals surface area contributed by atoms with E-state index in [1.807, 2.05) is 13.0 Å². The Hall–Kier alpha value is -2.29. The highest BCUT2D eigenvalue weighted by atomic mass is 16.5. The molecule has 0 atom stereocenters. The van der Waals surface area contributed by atoms with Crippen molar-refractivity contribution in [2.24, 2.45) is 0 Å². The highest BCUT2D eigenvalue weighted by molar-refractivity contribution is 5.92. The van der Waals surface area contributed by atoms with Crippen LogP contribution < -0.4 is 5.73 Å². The van der Waals surface area contributed by atoms with E-state index in [-0.39, 0.29) is 5.97 Å². The molecule has 21 heavy (non-hydrogen) atoms. The van der Waals surface area contributed by atoms with Crippen LogP contribution in [0.2, 0.25) is 0 Å².